The molecule has 6 nitrogen and oxygen atoms in total. The molecular weight excluding hydrogens is 471 g/mol. The van der Waals surface area contributed by atoms with Crippen LogP contribution in [0.15, 0.2) is 46.2 Å². The lowest BCUT2D eigenvalue weighted by atomic mass is 10.1. The van der Waals surface area contributed by atoms with Crippen LogP contribution in [-0.4, -0.2) is 28.0 Å². The van der Waals surface area contributed by atoms with Crippen LogP contribution in [0, 0.1) is 0 Å². The van der Waals surface area contributed by atoms with Crippen LogP contribution in [0.2, 0.25) is 10.0 Å². The van der Waals surface area contributed by atoms with E-state index in [-0.39, 0.29) is 32.7 Å². The maximum atomic E-state index is 12.8. The lowest BCUT2D eigenvalue weighted by Gasteiger charge is -2.14. The van der Waals surface area contributed by atoms with Gasteiger partial charge in [0.2, 0.25) is 0 Å². The lowest BCUT2D eigenvalue weighted by Crippen LogP contribution is -2.10. The second-order valence-electron chi connectivity index (χ2n) is 6.80. The van der Waals surface area contributed by atoms with Crippen LogP contribution < -0.4 is 0 Å². The fourth-order valence-electron chi connectivity index (χ4n) is 2.97. The molecule has 166 valence electrons. The van der Waals surface area contributed by atoms with Gasteiger partial charge in [0, 0.05) is 21.2 Å². The normalized spacial score (nSPS) is 12.3. The Morgan fingerprint density at radius 2 is 1.30 bits per heavy atom. The number of unbranched alkanes of at least 4 members (excludes halogenated alkanes) is 5. The van der Waals surface area contributed by atoms with Crippen molar-refractivity contribution in [2.24, 2.45) is 0 Å². The number of hydrogen-bond acceptors (Lipinski definition) is 5. The van der Waals surface area contributed by atoms with Crippen molar-refractivity contribution < 1.29 is 25.6 Å². The van der Waals surface area contributed by atoms with Crippen LogP contribution in [0.4, 0.5) is 0 Å². The molecule has 0 aromatic heterocycles. The van der Waals surface area contributed by atoms with Crippen LogP contribution >= 0.6 is 23.2 Å². The Morgan fingerprint density at radius 3 is 1.87 bits per heavy atom. The second-order valence-corrected chi connectivity index (χ2v) is 10.6. The fourth-order valence-corrected chi connectivity index (χ4v) is 5.36. The fraction of sp³-hybridized carbons (Fsp3) is 0.400. The summed E-state index contributed by atoms with van der Waals surface area (Å²) in [6, 6.07) is 7.74. The van der Waals surface area contributed by atoms with Crippen molar-refractivity contribution in [3.05, 3.63) is 46.4 Å². The zero-order valence-electron chi connectivity index (χ0n) is 16.5. The van der Waals surface area contributed by atoms with Crippen LogP contribution in [0.3, 0.4) is 0 Å². The molecule has 0 aliphatic heterocycles. The van der Waals surface area contributed by atoms with E-state index in [4.69, 9.17) is 27.4 Å². The van der Waals surface area contributed by atoms with Crippen molar-refractivity contribution in [1.82, 2.24) is 0 Å². The third-order valence-corrected chi connectivity index (χ3v) is 7.18. The molecule has 0 aliphatic carbocycles. The van der Waals surface area contributed by atoms with Gasteiger partial charge in [-0.05, 0) is 30.7 Å². The highest BCUT2D eigenvalue weighted by Gasteiger charge is 2.25. The minimum absolute atomic E-state index is 0.00614. The van der Waals surface area contributed by atoms with Gasteiger partial charge in [-0.25, -0.2) is 0 Å². The Hall–Kier alpha value is -1.16. The lowest BCUT2D eigenvalue weighted by molar-refractivity contribution is 0.306. The molecule has 2 aromatic rings. The van der Waals surface area contributed by atoms with E-state index in [1.807, 2.05) is 0 Å². The molecule has 0 saturated carbocycles. The summed E-state index contributed by atoms with van der Waals surface area (Å²) < 4.78 is 64.0. The molecule has 0 unspecified atom stereocenters. The minimum Gasteiger partial charge on any atom is -0.282 e. The van der Waals surface area contributed by atoms with Gasteiger partial charge in [-0.1, -0.05) is 74.4 Å². The Balaban J connectivity index is 2.35. The highest BCUT2D eigenvalue weighted by Crippen LogP contribution is 2.36. The Labute approximate surface area is 188 Å². The molecule has 0 bridgehead atoms. The monoisotopic (exact) mass is 494 g/mol. The molecule has 0 aliphatic rings. The molecular formula is C20H24Cl2O6S2. The molecule has 0 atom stereocenters. The molecule has 0 heterocycles. The minimum atomic E-state index is -4.66. The summed E-state index contributed by atoms with van der Waals surface area (Å²) in [5.41, 5.74) is 0.00643. The first-order valence-corrected chi connectivity index (χ1v) is 13.1. The number of hydrogen-bond donors (Lipinski definition) is 1. The van der Waals surface area contributed by atoms with E-state index < -0.39 is 25.1 Å². The van der Waals surface area contributed by atoms with Gasteiger partial charge in [0.05, 0.1) is 6.61 Å². The average molecular weight is 495 g/mol. The molecule has 0 spiro atoms. The van der Waals surface area contributed by atoms with Gasteiger partial charge in [0.1, 0.15) is 9.79 Å². The summed E-state index contributed by atoms with van der Waals surface area (Å²) in [5, 5.41) is 0.215. The predicted octanol–water partition coefficient (Wildman–Crippen LogP) is 5.97. The van der Waals surface area contributed by atoms with E-state index in [0.29, 0.717) is 6.42 Å². The maximum Gasteiger partial charge on any atom is 0.297 e. The van der Waals surface area contributed by atoms with E-state index in [0.717, 1.165) is 38.2 Å². The van der Waals surface area contributed by atoms with Crippen molar-refractivity contribution >= 4 is 43.4 Å². The predicted molar refractivity (Wildman–Crippen MR) is 118 cm³/mol. The van der Waals surface area contributed by atoms with Crippen LogP contribution in [-0.2, 0) is 24.4 Å². The quantitative estimate of drug-likeness (QED) is 0.234. The van der Waals surface area contributed by atoms with Crippen molar-refractivity contribution in [2.45, 2.75) is 55.2 Å². The molecule has 0 amide bonds. The molecule has 1 N–H and O–H groups in total. The van der Waals surface area contributed by atoms with Gasteiger partial charge < -0.3 is 0 Å². The van der Waals surface area contributed by atoms with Gasteiger partial charge in [0.15, 0.2) is 0 Å². The topological polar surface area (TPSA) is 97.7 Å². The molecule has 2 rings (SSSR count). The molecule has 0 saturated heterocycles. The third-order valence-electron chi connectivity index (χ3n) is 4.46. The van der Waals surface area contributed by atoms with Crippen LogP contribution in [0.5, 0.6) is 0 Å². The number of halogens is 2. The molecule has 10 heteroatoms. The van der Waals surface area contributed by atoms with Gasteiger partial charge in [-0.3, -0.25) is 8.74 Å². The summed E-state index contributed by atoms with van der Waals surface area (Å²) in [7, 11) is -8.89. The molecule has 30 heavy (non-hydrogen) atoms. The molecule has 0 fully saturated rings. The first-order chi connectivity index (χ1) is 14.1. The van der Waals surface area contributed by atoms with E-state index in [2.05, 4.69) is 6.92 Å². The van der Waals surface area contributed by atoms with Crippen molar-refractivity contribution in [3.8, 4) is 11.1 Å². The Morgan fingerprint density at radius 1 is 0.800 bits per heavy atom. The van der Waals surface area contributed by atoms with Gasteiger partial charge in [0.25, 0.3) is 20.2 Å². The maximum absolute atomic E-state index is 12.8. The first kappa shape index (κ1) is 25.1. The summed E-state index contributed by atoms with van der Waals surface area (Å²) in [5.74, 6) is 0. The van der Waals surface area contributed by atoms with Gasteiger partial charge in [-0.15, -0.1) is 0 Å². The van der Waals surface area contributed by atoms with Gasteiger partial charge in [-0.2, -0.15) is 16.8 Å². The van der Waals surface area contributed by atoms with Gasteiger partial charge >= 0.3 is 0 Å². The van der Waals surface area contributed by atoms with E-state index >= 15 is 0 Å². The summed E-state index contributed by atoms with van der Waals surface area (Å²) >= 11 is 11.8. The number of rotatable bonds is 11. The zero-order valence-corrected chi connectivity index (χ0v) is 19.6. The standard InChI is InChI=1S/C20H24Cl2O6S2/c1-2-3-4-5-6-7-12-28-30(26,27)20-14-16(22)9-11-18(20)17-10-8-15(21)13-19(17)29(23,24)25/h8-11,13-14H,2-7,12H2,1H3,(H,23,24,25). The van der Waals surface area contributed by atoms with Crippen molar-refractivity contribution in [2.75, 3.05) is 6.61 Å². The largest absolute Gasteiger partial charge is 0.297 e. The van der Waals surface area contributed by atoms with Crippen LogP contribution in [0.25, 0.3) is 11.1 Å². The van der Waals surface area contributed by atoms with Crippen LogP contribution in [0.1, 0.15) is 45.4 Å². The summed E-state index contributed by atoms with van der Waals surface area (Å²) in [6.07, 6.45) is 5.79. The highest BCUT2D eigenvalue weighted by molar-refractivity contribution is 7.87. The summed E-state index contributed by atoms with van der Waals surface area (Å²) in [4.78, 5) is -0.794. The zero-order chi connectivity index (χ0) is 22.4. The highest BCUT2D eigenvalue weighted by atomic mass is 35.5. The van der Waals surface area contributed by atoms with Crippen molar-refractivity contribution in [1.29, 1.82) is 0 Å². The van der Waals surface area contributed by atoms with Crippen molar-refractivity contribution in [3.63, 3.8) is 0 Å². The average Bonchev–Trinajstić information content (AvgIpc) is 2.67. The SMILES string of the molecule is CCCCCCCCOS(=O)(=O)c1cc(Cl)ccc1-c1ccc(Cl)cc1S(=O)(=O)O. The second kappa shape index (κ2) is 10.9. The summed E-state index contributed by atoms with van der Waals surface area (Å²) in [6.45, 7) is 2.12. The third kappa shape index (κ3) is 6.93. The molecule has 0 radical (unpaired) electrons. The van der Waals surface area contributed by atoms with E-state index in [9.17, 15) is 21.4 Å². The Kier molecular flexibility index (Phi) is 9.14. The molecule has 2 aromatic carbocycles. The Bertz CT molecular complexity index is 1080. The van der Waals surface area contributed by atoms with E-state index in [1.54, 1.807) is 0 Å². The van der Waals surface area contributed by atoms with E-state index in [1.165, 1.54) is 30.3 Å². The number of benzene rings is 2. The first-order valence-electron chi connectivity index (χ1n) is 9.52. The smallest absolute Gasteiger partial charge is 0.282 e.